The molecule has 1 rings (SSSR count). The number of rotatable bonds is 4. The fourth-order valence-electron chi connectivity index (χ4n) is 1.02. The van der Waals surface area contributed by atoms with E-state index < -0.39 is 0 Å². The highest BCUT2D eigenvalue weighted by atomic mass is 35.5. The van der Waals surface area contributed by atoms with E-state index in [4.69, 9.17) is 21.6 Å². The predicted octanol–water partition coefficient (Wildman–Crippen LogP) is 3.16. The molecule has 0 fully saturated rings. The minimum absolute atomic E-state index is 0.314. The van der Waals surface area contributed by atoms with E-state index in [1.54, 1.807) is 0 Å². The van der Waals surface area contributed by atoms with Gasteiger partial charge in [-0.25, -0.2) is 0 Å². The summed E-state index contributed by atoms with van der Waals surface area (Å²) >= 11 is 5.74. The number of ether oxygens (including phenoxy) is 1. The molecule has 1 atom stereocenters. The number of halogens is 1. The van der Waals surface area contributed by atoms with Crippen molar-refractivity contribution in [3.63, 3.8) is 0 Å². The van der Waals surface area contributed by atoms with Crippen LogP contribution in [0.25, 0.3) is 0 Å². The van der Waals surface area contributed by atoms with Gasteiger partial charge in [-0.2, -0.15) is 5.26 Å². The Morgan fingerprint density at radius 2 is 2.07 bits per heavy atom. The molecule has 0 spiro atoms. The Kier molecular flexibility index (Phi) is 4.45. The molecule has 0 bridgehead atoms. The monoisotopic (exact) mass is 209 g/mol. The molecule has 0 saturated heterocycles. The van der Waals surface area contributed by atoms with E-state index in [1.165, 1.54) is 0 Å². The lowest BCUT2D eigenvalue weighted by Crippen LogP contribution is -2.08. The number of nitriles is 1. The fourth-order valence-corrected chi connectivity index (χ4v) is 1.15. The summed E-state index contributed by atoms with van der Waals surface area (Å²) in [6, 6.07) is 9.50. The molecular weight excluding hydrogens is 198 g/mol. The summed E-state index contributed by atoms with van der Waals surface area (Å²) in [5, 5.41) is 9.36. The smallest absolute Gasteiger partial charge is 0.144 e. The van der Waals surface area contributed by atoms with Crippen molar-refractivity contribution >= 4 is 11.6 Å². The Hall–Kier alpha value is -1.04. The van der Waals surface area contributed by atoms with Crippen LogP contribution in [0.2, 0.25) is 5.02 Å². The Morgan fingerprint density at radius 1 is 1.43 bits per heavy atom. The summed E-state index contributed by atoms with van der Waals surface area (Å²) in [6.07, 6.45) is 0.398. The number of benzene rings is 1. The minimum atomic E-state index is -0.314. The second-order valence-electron chi connectivity index (χ2n) is 2.96. The number of nitrogens with zero attached hydrogens (tertiary/aromatic N) is 1. The molecule has 1 aromatic rings. The maximum Gasteiger partial charge on any atom is 0.144 e. The molecule has 0 aliphatic rings. The SMILES string of the molecule is CCC(C#N)OCc1ccc(Cl)cc1. The lowest BCUT2D eigenvalue weighted by atomic mass is 10.2. The molecule has 1 unspecified atom stereocenters. The van der Waals surface area contributed by atoms with E-state index in [0.717, 1.165) is 5.56 Å². The lowest BCUT2D eigenvalue weighted by molar-refractivity contribution is 0.0745. The van der Waals surface area contributed by atoms with E-state index in [9.17, 15) is 0 Å². The molecule has 0 amide bonds. The highest BCUT2D eigenvalue weighted by Gasteiger charge is 2.03. The van der Waals surface area contributed by atoms with Crippen molar-refractivity contribution in [3.05, 3.63) is 34.9 Å². The van der Waals surface area contributed by atoms with Crippen LogP contribution in [0.3, 0.4) is 0 Å². The Balaban J connectivity index is 2.46. The largest absolute Gasteiger partial charge is 0.359 e. The zero-order valence-corrected chi connectivity index (χ0v) is 8.79. The van der Waals surface area contributed by atoms with Gasteiger partial charge in [-0.05, 0) is 24.1 Å². The summed E-state index contributed by atoms with van der Waals surface area (Å²) in [5.74, 6) is 0. The second kappa shape index (κ2) is 5.64. The van der Waals surface area contributed by atoms with Gasteiger partial charge in [-0.3, -0.25) is 0 Å². The highest BCUT2D eigenvalue weighted by Crippen LogP contribution is 2.11. The quantitative estimate of drug-likeness (QED) is 0.763. The third-order valence-electron chi connectivity index (χ3n) is 1.88. The van der Waals surface area contributed by atoms with Crippen LogP contribution in [0.5, 0.6) is 0 Å². The second-order valence-corrected chi connectivity index (χ2v) is 3.40. The molecule has 1 aromatic carbocycles. The van der Waals surface area contributed by atoms with Crippen LogP contribution in [0.15, 0.2) is 24.3 Å². The molecular formula is C11H12ClNO. The van der Waals surface area contributed by atoms with Gasteiger partial charge in [-0.1, -0.05) is 30.7 Å². The number of hydrogen-bond donors (Lipinski definition) is 0. The van der Waals surface area contributed by atoms with Gasteiger partial charge in [0.05, 0.1) is 12.7 Å². The van der Waals surface area contributed by atoms with Crippen LogP contribution in [0.1, 0.15) is 18.9 Å². The third kappa shape index (κ3) is 3.37. The van der Waals surface area contributed by atoms with Crippen molar-refractivity contribution in [1.82, 2.24) is 0 Å². The first-order valence-electron chi connectivity index (χ1n) is 4.52. The average Bonchev–Trinajstić information content (AvgIpc) is 2.22. The molecule has 0 radical (unpaired) electrons. The van der Waals surface area contributed by atoms with Crippen molar-refractivity contribution in [2.75, 3.05) is 0 Å². The molecule has 14 heavy (non-hydrogen) atoms. The van der Waals surface area contributed by atoms with E-state index in [2.05, 4.69) is 6.07 Å². The van der Waals surface area contributed by atoms with Gasteiger partial charge < -0.3 is 4.74 Å². The molecule has 0 aromatic heterocycles. The van der Waals surface area contributed by atoms with Gasteiger partial charge in [-0.15, -0.1) is 0 Å². The molecule has 74 valence electrons. The van der Waals surface area contributed by atoms with Crippen LogP contribution in [0, 0.1) is 11.3 Å². The molecule has 3 heteroatoms. The zero-order valence-electron chi connectivity index (χ0n) is 8.03. The fraction of sp³-hybridized carbons (Fsp3) is 0.364. The summed E-state index contributed by atoms with van der Waals surface area (Å²) in [6.45, 7) is 2.39. The topological polar surface area (TPSA) is 33.0 Å². The van der Waals surface area contributed by atoms with Gasteiger partial charge in [0, 0.05) is 5.02 Å². The van der Waals surface area contributed by atoms with Crippen molar-refractivity contribution in [1.29, 1.82) is 5.26 Å². The molecule has 0 aliphatic carbocycles. The van der Waals surface area contributed by atoms with Crippen LogP contribution in [0.4, 0.5) is 0 Å². The molecule has 2 nitrogen and oxygen atoms in total. The standard InChI is InChI=1S/C11H12ClNO/c1-2-11(7-13)14-8-9-3-5-10(12)6-4-9/h3-6,11H,2,8H2,1H3. The van der Waals surface area contributed by atoms with E-state index in [-0.39, 0.29) is 6.10 Å². The first kappa shape index (κ1) is 11.0. The molecule has 0 N–H and O–H groups in total. The van der Waals surface area contributed by atoms with Gasteiger partial charge >= 0.3 is 0 Å². The molecule has 0 heterocycles. The maximum absolute atomic E-state index is 8.65. The van der Waals surface area contributed by atoms with E-state index in [0.29, 0.717) is 18.1 Å². The first-order valence-corrected chi connectivity index (χ1v) is 4.89. The van der Waals surface area contributed by atoms with Crippen molar-refractivity contribution in [3.8, 4) is 6.07 Å². The molecule has 0 aliphatic heterocycles. The Labute approximate surface area is 89.1 Å². The normalized spacial score (nSPS) is 12.1. The predicted molar refractivity (Wildman–Crippen MR) is 55.9 cm³/mol. The Bertz CT molecular complexity index is 315. The summed E-state index contributed by atoms with van der Waals surface area (Å²) in [7, 11) is 0. The minimum Gasteiger partial charge on any atom is -0.359 e. The zero-order chi connectivity index (χ0) is 10.4. The summed E-state index contributed by atoms with van der Waals surface area (Å²) in [4.78, 5) is 0. The van der Waals surface area contributed by atoms with Gasteiger partial charge in [0.25, 0.3) is 0 Å². The van der Waals surface area contributed by atoms with Crippen molar-refractivity contribution in [2.24, 2.45) is 0 Å². The summed E-state index contributed by atoms with van der Waals surface area (Å²) in [5.41, 5.74) is 1.03. The lowest BCUT2D eigenvalue weighted by Gasteiger charge is -2.07. The van der Waals surface area contributed by atoms with E-state index in [1.807, 2.05) is 31.2 Å². The number of hydrogen-bond acceptors (Lipinski definition) is 2. The molecule has 0 saturated carbocycles. The maximum atomic E-state index is 8.65. The van der Waals surface area contributed by atoms with Crippen molar-refractivity contribution < 1.29 is 4.74 Å². The van der Waals surface area contributed by atoms with Gasteiger partial charge in [0.2, 0.25) is 0 Å². The highest BCUT2D eigenvalue weighted by molar-refractivity contribution is 6.30. The van der Waals surface area contributed by atoms with Crippen LogP contribution < -0.4 is 0 Å². The average molecular weight is 210 g/mol. The van der Waals surface area contributed by atoms with E-state index >= 15 is 0 Å². The van der Waals surface area contributed by atoms with Gasteiger partial charge in [0.15, 0.2) is 0 Å². The Morgan fingerprint density at radius 3 is 2.57 bits per heavy atom. The first-order chi connectivity index (χ1) is 6.76. The summed E-state index contributed by atoms with van der Waals surface area (Å²) < 4.78 is 5.36. The van der Waals surface area contributed by atoms with Crippen LogP contribution >= 0.6 is 11.6 Å². The van der Waals surface area contributed by atoms with Gasteiger partial charge in [0.1, 0.15) is 6.10 Å². The van der Waals surface area contributed by atoms with Crippen LogP contribution in [-0.4, -0.2) is 6.10 Å². The third-order valence-corrected chi connectivity index (χ3v) is 2.13. The van der Waals surface area contributed by atoms with Crippen LogP contribution in [-0.2, 0) is 11.3 Å². The van der Waals surface area contributed by atoms with Crippen molar-refractivity contribution in [2.45, 2.75) is 26.1 Å².